The number of anilines is 1. The molecular formula is C14H11N2O4-. The molecule has 2 aromatic carbocycles. The first-order valence-corrected chi connectivity index (χ1v) is 5.85. The summed E-state index contributed by atoms with van der Waals surface area (Å²) in [6, 6.07) is 13.0. The van der Waals surface area contributed by atoms with Gasteiger partial charge in [-0.2, -0.15) is 0 Å². The van der Waals surface area contributed by atoms with Crippen molar-refractivity contribution in [1.29, 1.82) is 0 Å². The van der Waals surface area contributed by atoms with Crippen LogP contribution in [0, 0.1) is 10.1 Å². The number of carbonyl (C=O) groups is 1. The maximum absolute atomic E-state index is 11.2. The number of hydrogen-bond acceptors (Lipinski definition) is 5. The largest absolute Gasteiger partial charge is 0.548 e. The van der Waals surface area contributed by atoms with E-state index in [1.807, 2.05) is 6.07 Å². The molecule has 1 N–H and O–H groups in total. The van der Waals surface area contributed by atoms with Gasteiger partial charge in [-0.1, -0.05) is 18.2 Å². The number of para-hydroxylation sites is 1. The molecule has 0 saturated heterocycles. The van der Waals surface area contributed by atoms with Crippen molar-refractivity contribution < 1.29 is 14.8 Å². The van der Waals surface area contributed by atoms with Gasteiger partial charge in [-0.3, -0.25) is 10.1 Å². The highest BCUT2D eigenvalue weighted by atomic mass is 16.6. The van der Waals surface area contributed by atoms with Gasteiger partial charge < -0.3 is 15.2 Å². The van der Waals surface area contributed by atoms with E-state index in [4.69, 9.17) is 0 Å². The second-order valence-corrected chi connectivity index (χ2v) is 4.11. The summed E-state index contributed by atoms with van der Waals surface area (Å²) in [4.78, 5) is 21.2. The van der Waals surface area contributed by atoms with Crippen molar-refractivity contribution in [2.75, 3.05) is 5.32 Å². The van der Waals surface area contributed by atoms with Crippen LogP contribution in [-0.4, -0.2) is 10.9 Å². The smallest absolute Gasteiger partial charge is 0.269 e. The molecule has 0 aromatic heterocycles. The molecule has 2 aromatic rings. The third-order valence-electron chi connectivity index (χ3n) is 2.76. The molecule has 0 bridgehead atoms. The Morgan fingerprint density at radius 1 is 1.05 bits per heavy atom. The predicted octanol–water partition coefficient (Wildman–Crippen LogP) is 1.50. The molecule has 6 heteroatoms. The van der Waals surface area contributed by atoms with Crippen molar-refractivity contribution in [3.8, 4) is 0 Å². The number of nitrogens with one attached hydrogen (secondary N) is 1. The van der Waals surface area contributed by atoms with Crippen molar-refractivity contribution in [2.24, 2.45) is 0 Å². The molecule has 0 aliphatic carbocycles. The Morgan fingerprint density at radius 2 is 1.65 bits per heavy atom. The second kappa shape index (κ2) is 5.83. The van der Waals surface area contributed by atoms with Crippen molar-refractivity contribution in [1.82, 2.24) is 0 Å². The molecule has 0 aliphatic heterocycles. The topological polar surface area (TPSA) is 95.3 Å². The first-order valence-electron chi connectivity index (χ1n) is 5.85. The lowest BCUT2D eigenvalue weighted by atomic mass is 10.1. The molecule has 102 valence electrons. The summed E-state index contributed by atoms with van der Waals surface area (Å²) in [7, 11) is 0. The number of nitrogens with zero attached hydrogens (tertiary/aromatic N) is 1. The van der Waals surface area contributed by atoms with Gasteiger partial charge in [-0.25, -0.2) is 0 Å². The fourth-order valence-corrected chi connectivity index (χ4v) is 1.77. The van der Waals surface area contributed by atoms with Gasteiger partial charge in [-0.05, 0) is 29.8 Å². The minimum absolute atomic E-state index is 0.0921. The SMILES string of the molecule is O=C([O-])C(Nc1ccccc1)c1ccc([N+](=O)[O-])cc1. The van der Waals surface area contributed by atoms with Gasteiger partial charge in [0.1, 0.15) is 0 Å². The molecule has 0 amide bonds. The summed E-state index contributed by atoms with van der Waals surface area (Å²) in [5.41, 5.74) is 0.921. The normalized spacial score (nSPS) is 11.6. The first kappa shape index (κ1) is 13.5. The summed E-state index contributed by atoms with van der Waals surface area (Å²) in [5.74, 6) is -1.30. The summed E-state index contributed by atoms with van der Waals surface area (Å²) in [6.45, 7) is 0. The summed E-state index contributed by atoms with van der Waals surface area (Å²) in [5, 5.41) is 24.6. The zero-order valence-electron chi connectivity index (χ0n) is 10.4. The van der Waals surface area contributed by atoms with Gasteiger partial charge in [0.25, 0.3) is 5.69 Å². The minimum atomic E-state index is -1.30. The van der Waals surface area contributed by atoms with E-state index in [9.17, 15) is 20.0 Å². The van der Waals surface area contributed by atoms with Crippen LogP contribution in [0.2, 0.25) is 0 Å². The Kier molecular flexibility index (Phi) is 3.95. The van der Waals surface area contributed by atoms with E-state index in [1.54, 1.807) is 24.3 Å². The number of nitro groups is 1. The third kappa shape index (κ3) is 3.11. The van der Waals surface area contributed by atoms with E-state index in [0.29, 0.717) is 11.3 Å². The number of hydrogen-bond donors (Lipinski definition) is 1. The van der Waals surface area contributed by atoms with Crippen LogP contribution in [0.3, 0.4) is 0 Å². The fourth-order valence-electron chi connectivity index (χ4n) is 1.77. The molecule has 0 radical (unpaired) electrons. The Labute approximate surface area is 114 Å². The van der Waals surface area contributed by atoms with Crippen LogP contribution in [0.25, 0.3) is 0 Å². The van der Waals surface area contributed by atoms with Crippen LogP contribution in [0.5, 0.6) is 0 Å². The lowest BCUT2D eigenvalue weighted by Gasteiger charge is -2.21. The van der Waals surface area contributed by atoms with Crippen molar-refractivity contribution in [3.63, 3.8) is 0 Å². The highest BCUT2D eigenvalue weighted by Crippen LogP contribution is 2.21. The number of carboxylic acid groups (broad SMARTS) is 1. The van der Waals surface area contributed by atoms with E-state index >= 15 is 0 Å². The van der Waals surface area contributed by atoms with Gasteiger partial charge in [0.05, 0.1) is 16.9 Å². The Hall–Kier alpha value is -2.89. The highest BCUT2D eigenvalue weighted by molar-refractivity contribution is 5.77. The third-order valence-corrected chi connectivity index (χ3v) is 2.76. The van der Waals surface area contributed by atoms with E-state index in [0.717, 1.165) is 0 Å². The van der Waals surface area contributed by atoms with Gasteiger partial charge in [-0.15, -0.1) is 0 Å². The molecular weight excluding hydrogens is 260 g/mol. The van der Waals surface area contributed by atoms with Crippen molar-refractivity contribution >= 4 is 17.3 Å². The minimum Gasteiger partial charge on any atom is -0.548 e. The monoisotopic (exact) mass is 271 g/mol. The molecule has 0 aliphatic rings. The van der Waals surface area contributed by atoms with Gasteiger partial charge in [0, 0.05) is 17.8 Å². The van der Waals surface area contributed by atoms with Gasteiger partial charge in [0.15, 0.2) is 0 Å². The number of carbonyl (C=O) groups excluding carboxylic acids is 1. The summed E-state index contributed by atoms with van der Waals surface area (Å²) < 4.78 is 0. The highest BCUT2D eigenvalue weighted by Gasteiger charge is 2.14. The summed E-state index contributed by atoms with van der Waals surface area (Å²) >= 11 is 0. The van der Waals surface area contributed by atoms with Crippen LogP contribution in [0.1, 0.15) is 11.6 Å². The lowest BCUT2D eigenvalue weighted by Crippen LogP contribution is -2.34. The quantitative estimate of drug-likeness (QED) is 0.656. The molecule has 1 unspecified atom stereocenters. The Balaban J connectivity index is 2.25. The number of carboxylic acids is 1. The maximum Gasteiger partial charge on any atom is 0.269 e. The van der Waals surface area contributed by atoms with Crippen LogP contribution < -0.4 is 10.4 Å². The number of aliphatic carboxylic acids is 1. The van der Waals surface area contributed by atoms with E-state index < -0.39 is 16.9 Å². The molecule has 0 heterocycles. The summed E-state index contributed by atoms with van der Waals surface area (Å²) in [6.07, 6.45) is 0. The maximum atomic E-state index is 11.2. The van der Waals surface area contributed by atoms with E-state index in [2.05, 4.69) is 5.32 Å². The van der Waals surface area contributed by atoms with Crippen molar-refractivity contribution in [3.05, 3.63) is 70.3 Å². The second-order valence-electron chi connectivity index (χ2n) is 4.11. The van der Waals surface area contributed by atoms with Crippen LogP contribution >= 0.6 is 0 Å². The zero-order valence-corrected chi connectivity index (χ0v) is 10.4. The van der Waals surface area contributed by atoms with Gasteiger partial charge in [0.2, 0.25) is 0 Å². The Morgan fingerprint density at radius 3 is 2.15 bits per heavy atom. The molecule has 1 atom stereocenters. The first-order chi connectivity index (χ1) is 9.58. The van der Waals surface area contributed by atoms with E-state index in [1.165, 1.54) is 24.3 Å². The average molecular weight is 271 g/mol. The van der Waals surface area contributed by atoms with E-state index in [-0.39, 0.29) is 5.69 Å². The molecule has 0 saturated carbocycles. The molecule has 2 rings (SSSR count). The number of non-ortho nitro benzene ring substituents is 1. The number of nitro benzene ring substituents is 1. The predicted molar refractivity (Wildman–Crippen MR) is 70.9 cm³/mol. The van der Waals surface area contributed by atoms with Crippen LogP contribution in [0.4, 0.5) is 11.4 Å². The molecule has 0 spiro atoms. The number of benzene rings is 2. The lowest BCUT2D eigenvalue weighted by molar-refractivity contribution is -0.384. The van der Waals surface area contributed by atoms with Crippen molar-refractivity contribution in [2.45, 2.75) is 6.04 Å². The zero-order chi connectivity index (χ0) is 14.5. The average Bonchev–Trinajstić information content (AvgIpc) is 2.45. The van der Waals surface area contributed by atoms with Crippen LogP contribution in [-0.2, 0) is 4.79 Å². The van der Waals surface area contributed by atoms with Gasteiger partial charge >= 0.3 is 0 Å². The van der Waals surface area contributed by atoms with Crippen LogP contribution in [0.15, 0.2) is 54.6 Å². The standard InChI is InChI=1S/C14H12N2O4/c17-14(18)13(15-11-4-2-1-3-5-11)10-6-8-12(9-7-10)16(19)20/h1-9,13,15H,(H,17,18)/p-1. The molecule has 6 nitrogen and oxygen atoms in total. The fraction of sp³-hybridized carbons (Fsp3) is 0.0714. The number of rotatable bonds is 5. The molecule has 20 heavy (non-hydrogen) atoms. The Bertz CT molecular complexity index is 611. The molecule has 0 fully saturated rings.